The summed E-state index contributed by atoms with van der Waals surface area (Å²) >= 11 is 0. The number of carbonyl (C=O) groups excluding carboxylic acids is 1. The van der Waals surface area contributed by atoms with Gasteiger partial charge in [0.05, 0.1) is 29.8 Å². The lowest BCUT2D eigenvalue weighted by Crippen LogP contribution is -2.14. The predicted octanol–water partition coefficient (Wildman–Crippen LogP) is 4.88. The van der Waals surface area contributed by atoms with Gasteiger partial charge in [-0.25, -0.2) is 9.97 Å². The third kappa shape index (κ3) is 5.57. The molecule has 3 aromatic rings. The molecule has 9 nitrogen and oxygen atoms in total. The highest BCUT2D eigenvalue weighted by molar-refractivity contribution is 6.05. The van der Waals surface area contributed by atoms with Crippen LogP contribution in [-0.2, 0) is 0 Å². The minimum absolute atomic E-state index is 0.00193. The van der Waals surface area contributed by atoms with Gasteiger partial charge in [0, 0.05) is 24.0 Å². The molecule has 0 bridgehead atoms. The average Bonchev–Trinajstić information content (AvgIpc) is 2.82. The van der Waals surface area contributed by atoms with Crippen molar-refractivity contribution in [1.29, 1.82) is 0 Å². The Hall–Kier alpha value is -4.01. The number of nitrogens with zero attached hydrogens (tertiary/aromatic N) is 3. The number of hydrogen-bond acceptors (Lipinski definition) is 7. The zero-order valence-corrected chi connectivity index (χ0v) is 17.9. The fourth-order valence-corrected chi connectivity index (χ4v) is 2.83. The summed E-state index contributed by atoms with van der Waals surface area (Å²) in [7, 11) is 0. The quantitative estimate of drug-likeness (QED) is 0.355. The van der Waals surface area contributed by atoms with E-state index in [-0.39, 0.29) is 22.7 Å². The monoisotopic (exact) mass is 436 g/mol. The number of carbonyl (C=O) groups is 1. The van der Waals surface area contributed by atoms with Gasteiger partial charge in [0.1, 0.15) is 5.69 Å². The number of nitro benzene ring substituents is 1. The van der Waals surface area contributed by atoms with Crippen LogP contribution in [0.4, 0.5) is 11.4 Å². The summed E-state index contributed by atoms with van der Waals surface area (Å²) in [5.74, 6) is 0.495. The van der Waals surface area contributed by atoms with Gasteiger partial charge in [-0.1, -0.05) is 44.2 Å². The van der Waals surface area contributed by atoms with E-state index in [0.29, 0.717) is 24.8 Å². The average molecular weight is 436 g/mol. The van der Waals surface area contributed by atoms with E-state index < -0.39 is 10.8 Å². The molecule has 0 aliphatic rings. The first-order chi connectivity index (χ1) is 15.5. The number of anilines is 1. The summed E-state index contributed by atoms with van der Waals surface area (Å²) in [6, 6.07) is 12.0. The highest BCUT2D eigenvalue weighted by Gasteiger charge is 2.22. The van der Waals surface area contributed by atoms with Crippen LogP contribution in [0.15, 0.2) is 54.9 Å². The molecule has 0 saturated heterocycles. The van der Waals surface area contributed by atoms with E-state index in [0.717, 1.165) is 18.4 Å². The van der Waals surface area contributed by atoms with E-state index in [9.17, 15) is 14.9 Å². The van der Waals surface area contributed by atoms with E-state index in [1.807, 2.05) is 44.2 Å². The number of hydrogen-bond donors (Lipinski definition) is 1. The van der Waals surface area contributed by atoms with Crippen LogP contribution in [0.2, 0.25) is 0 Å². The molecular formula is C23H24N4O5. The SMILES string of the molecule is CCCOc1cc(NC(=O)c2cnc(-c3ccccc3)nc2)c([N+](=O)[O-])cc1OCCC. The highest BCUT2D eigenvalue weighted by Crippen LogP contribution is 2.38. The summed E-state index contributed by atoms with van der Waals surface area (Å²) in [4.78, 5) is 32.2. The van der Waals surface area contributed by atoms with Gasteiger partial charge < -0.3 is 14.8 Å². The van der Waals surface area contributed by atoms with Crippen LogP contribution in [0.25, 0.3) is 11.4 Å². The Balaban J connectivity index is 1.87. The van der Waals surface area contributed by atoms with Crippen molar-refractivity contribution in [1.82, 2.24) is 9.97 Å². The summed E-state index contributed by atoms with van der Waals surface area (Å²) in [5.41, 5.74) is 0.689. The van der Waals surface area contributed by atoms with Gasteiger partial charge in [0.25, 0.3) is 11.6 Å². The highest BCUT2D eigenvalue weighted by atomic mass is 16.6. The van der Waals surface area contributed by atoms with Crippen LogP contribution in [0.1, 0.15) is 37.0 Å². The molecule has 1 aromatic heterocycles. The molecule has 9 heteroatoms. The lowest BCUT2D eigenvalue weighted by molar-refractivity contribution is -0.384. The van der Waals surface area contributed by atoms with Gasteiger partial charge in [-0.05, 0) is 12.8 Å². The number of ether oxygens (including phenoxy) is 2. The predicted molar refractivity (Wildman–Crippen MR) is 120 cm³/mol. The van der Waals surface area contributed by atoms with E-state index in [1.54, 1.807) is 0 Å². The second-order valence-electron chi connectivity index (χ2n) is 6.89. The topological polar surface area (TPSA) is 116 Å². The molecule has 1 N–H and O–H groups in total. The Bertz CT molecular complexity index is 1070. The van der Waals surface area contributed by atoms with Gasteiger partial charge in [0.15, 0.2) is 17.3 Å². The molecule has 0 spiro atoms. The molecule has 0 unspecified atom stereocenters. The molecule has 1 heterocycles. The van der Waals surface area contributed by atoms with Crippen molar-refractivity contribution in [3.8, 4) is 22.9 Å². The number of aromatic nitrogens is 2. The van der Waals surface area contributed by atoms with Gasteiger partial charge in [-0.3, -0.25) is 14.9 Å². The van der Waals surface area contributed by atoms with Crippen molar-refractivity contribution in [2.24, 2.45) is 0 Å². The number of benzene rings is 2. The molecule has 0 saturated carbocycles. The van der Waals surface area contributed by atoms with Crippen molar-refractivity contribution in [3.05, 3.63) is 70.5 Å². The third-order valence-corrected chi connectivity index (χ3v) is 4.38. The van der Waals surface area contributed by atoms with E-state index in [4.69, 9.17) is 9.47 Å². The van der Waals surface area contributed by atoms with Gasteiger partial charge in [0.2, 0.25) is 0 Å². The second kappa shape index (κ2) is 10.9. The first-order valence-electron chi connectivity index (χ1n) is 10.3. The van der Waals surface area contributed by atoms with Crippen LogP contribution in [0, 0.1) is 10.1 Å². The van der Waals surface area contributed by atoms with Crippen molar-refractivity contribution in [3.63, 3.8) is 0 Å². The minimum atomic E-state index is -0.576. The Kier molecular flexibility index (Phi) is 7.69. The molecule has 0 fully saturated rings. The molecule has 1 amide bonds. The van der Waals surface area contributed by atoms with Gasteiger partial charge in [-0.2, -0.15) is 0 Å². The molecule has 0 aliphatic heterocycles. The van der Waals surface area contributed by atoms with Crippen LogP contribution in [0.5, 0.6) is 11.5 Å². The molecule has 2 aromatic carbocycles. The smallest absolute Gasteiger partial charge is 0.296 e. The van der Waals surface area contributed by atoms with Gasteiger partial charge >= 0.3 is 0 Å². The third-order valence-electron chi connectivity index (χ3n) is 4.38. The number of nitro groups is 1. The fraction of sp³-hybridized carbons (Fsp3) is 0.261. The minimum Gasteiger partial charge on any atom is -0.490 e. The van der Waals surface area contributed by atoms with Crippen molar-refractivity contribution in [2.45, 2.75) is 26.7 Å². The summed E-state index contributed by atoms with van der Waals surface area (Å²) < 4.78 is 11.3. The Labute approximate surface area is 185 Å². The number of nitrogens with one attached hydrogen (secondary N) is 1. The van der Waals surface area contributed by atoms with E-state index in [2.05, 4.69) is 15.3 Å². The first kappa shape index (κ1) is 22.7. The largest absolute Gasteiger partial charge is 0.490 e. The second-order valence-corrected chi connectivity index (χ2v) is 6.89. The van der Waals surface area contributed by atoms with Crippen molar-refractivity contribution in [2.75, 3.05) is 18.5 Å². The maximum absolute atomic E-state index is 12.7. The van der Waals surface area contributed by atoms with Crippen molar-refractivity contribution >= 4 is 17.3 Å². The fourth-order valence-electron chi connectivity index (χ4n) is 2.83. The molecule has 3 rings (SSSR count). The van der Waals surface area contributed by atoms with E-state index in [1.165, 1.54) is 24.5 Å². The summed E-state index contributed by atoms with van der Waals surface area (Å²) in [5, 5.41) is 14.2. The molecular weight excluding hydrogens is 412 g/mol. The zero-order valence-electron chi connectivity index (χ0n) is 17.9. The van der Waals surface area contributed by atoms with Crippen LogP contribution >= 0.6 is 0 Å². The summed E-state index contributed by atoms with van der Waals surface area (Å²) in [6.07, 6.45) is 4.24. The maximum Gasteiger partial charge on any atom is 0.296 e. The molecule has 0 atom stereocenters. The first-order valence-corrected chi connectivity index (χ1v) is 10.3. The number of rotatable bonds is 10. The molecule has 32 heavy (non-hydrogen) atoms. The zero-order chi connectivity index (χ0) is 22.9. The Morgan fingerprint density at radius 3 is 2.16 bits per heavy atom. The lowest BCUT2D eigenvalue weighted by Gasteiger charge is -2.14. The Morgan fingerprint density at radius 1 is 1.00 bits per heavy atom. The Morgan fingerprint density at radius 2 is 1.59 bits per heavy atom. The maximum atomic E-state index is 12.7. The van der Waals surface area contributed by atoms with Crippen LogP contribution in [-0.4, -0.2) is 34.0 Å². The number of amides is 1. The van der Waals surface area contributed by atoms with Gasteiger partial charge in [-0.15, -0.1) is 0 Å². The van der Waals surface area contributed by atoms with Crippen LogP contribution in [0.3, 0.4) is 0 Å². The van der Waals surface area contributed by atoms with Crippen molar-refractivity contribution < 1.29 is 19.2 Å². The van der Waals surface area contributed by atoms with Crippen LogP contribution < -0.4 is 14.8 Å². The standard InChI is InChI=1S/C23H24N4O5/c1-3-10-31-20-12-18(19(27(29)30)13-21(20)32-11-4-2)26-23(28)17-14-24-22(25-15-17)16-8-6-5-7-9-16/h5-9,12-15H,3-4,10-11H2,1-2H3,(H,26,28). The normalized spacial score (nSPS) is 10.4. The molecule has 166 valence electrons. The lowest BCUT2D eigenvalue weighted by atomic mass is 10.2. The molecule has 0 radical (unpaired) electrons. The van der Waals surface area contributed by atoms with E-state index >= 15 is 0 Å². The summed E-state index contributed by atoms with van der Waals surface area (Å²) in [6.45, 7) is 4.67. The molecule has 0 aliphatic carbocycles.